The van der Waals surface area contributed by atoms with E-state index in [0.29, 0.717) is 5.56 Å². The third-order valence-electron chi connectivity index (χ3n) is 3.01. The second-order valence-corrected chi connectivity index (χ2v) is 4.89. The smallest absolute Gasteiger partial charge is 0.255 e. The Morgan fingerprint density at radius 3 is 2.78 bits per heavy atom. The molecule has 0 aliphatic heterocycles. The number of rotatable bonds is 6. The number of nitrogens with one attached hydrogen (secondary N) is 1. The number of amides is 1. The van der Waals surface area contributed by atoms with Gasteiger partial charge in [-0.15, -0.1) is 0 Å². The fourth-order valence-corrected chi connectivity index (χ4v) is 1.91. The maximum absolute atomic E-state index is 12.0. The minimum absolute atomic E-state index is 0.0406. The zero-order valence-corrected chi connectivity index (χ0v) is 11.5. The predicted molar refractivity (Wildman–Crippen MR) is 73.9 cm³/mol. The van der Waals surface area contributed by atoms with Crippen LogP contribution in [-0.4, -0.2) is 17.1 Å². The largest absolute Gasteiger partial charge is 0.507 e. The minimum Gasteiger partial charge on any atom is -0.507 e. The van der Waals surface area contributed by atoms with Crippen molar-refractivity contribution in [1.29, 1.82) is 0 Å². The average molecular weight is 249 g/mol. The van der Waals surface area contributed by atoms with Crippen LogP contribution in [0, 0.1) is 6.92 Å². The summed E-state index contributed by atoms with van der Waals surface area (Å²) in [6, 6.07) is 5.20. The number of aryl methyl sites for hydroxylation is 1. The molecule has 1 aromatic carbocycles. The van der Waals surface area contributed by atoms with Crippen molar-refractivity contribution in [3.8, 4) is 5.75 Å². The first kappa shape index (κ1) is 14.6. The van der Waals surface area contributed by atoms with Gasteiger partial charge < -0.3 is 10.4 Å². The Hall–Kier alpha value is -1.51. The van der Waals surface area contributed by atoms with Crippen LogP contribution < -0.4 is 5.32 Å². The average Bonchev–Trinajstić information content (AvgIpc) is 2.32. The molecule has 1 aromatic rings. The van der Waals surface area contributed by atoms with Crippen molar-refractivity contribution >= 4 is 5.91 Å². The molecule has 3 heteroatoms. The lowest BCUT2D eigenvalue weighted by molar-refractivity contribution is 0.0935. The molecule has 1 unspecified atom stereocenters. The molecule has 0 fully saturated rings. The van der Waals surface area contributed by atoms with Gasteiger partial charge in [-0.05, 0) is 32.4 Å². The van der Waals surface area contributed by atoms with Crippen molar-refractivity contribution < 1.29 is 9.90 Å². The minimum atomic E-state index is -0.194. The molecule has 0 heterocycles. The Kier molecular flexibility index (Phi) is 5.69. The lowest BCUT2D eigenvalue weighted by Gasteiger charge is -2.14. The number of phenolic OH excluding ortho intramolecular Hbond substituents is 1. The Bertz CT molecular complexity index is 401. The Labute approximate surface area is 109 Å². The monoisotopic (exact) mass is 249 g/mol. The van der Waals surface area contributed by atoms with Gasteiger partial charge in [0.25, 0.3) is 5.91 Å². The highest BCUT2D eigenvalue weighted by Gasteiger charge is 2.13. The van der Waals surface area contributed by atoms with E-state index in [1.54, 1.807) is 18.2 Å². The summed E-state index contributed by atoms with van der Waals surface area (Å²) in [6.07, 6.45) is 4.47. The van der Waals surface area contributed by atoms with Gasteiger partial charge in [-0.3, -0.25) is 4.79 Å². The van der Waals surface area contributed by atoms with E-state index in [1.807, 2.05) is 13.8 Å². The number of carbonyl (C=O) groups is 1. The molecular formula is C15H23NO2. The van der Waals surface area contributed by atoms with E-state index >= 15 is 0 Å². The normalized spacial score (nSPS) is 12.2. The van der Waals surface area contributed by atoms with E-state index in [4.69, 9.17) is 0 Å². The molecule has 0 saturated heterocycles. The Morgan fingerprint density at radius 2 is 2.11 bits per heavy atom. The van der Waals surface area contributed by atoms with Gasteiger partial charge in [-0.2, -0.15) is 0 Å². The number of aromatic hydroxyl groups is 1. The van der Waals surface area contributed by atoms with E-state index in [9.17, 15) is 9.90 Å². The molecule has 0 bridgehead atoms. The zero-order valence-electron chi connectivity index (χ0n) is 11.5. The van der Waals surface area contributed by atoms with Gasteiger partial charge in [0, 0.05) is 6.04 Å². The van der Waals surface area contributed by atoms with E-state index < -0.39 is 0 Å². The maximum Gasteiger partial charge on any atom is 0.255 e. The van der Waals surface area contributed by atoms with Crippen LogP contribution in [0.25, 0.3) is 0 Å². The Morgan fingerprint density at radius 1 is 1.39 bits per heavy atom. The Balaban J connectivity index is 2.56. The topological polar surface area (TPSA) is 49.3 Å². The number of hydrogen-bond acceptors (Lipinski definition) is 2. The fourth-order valence-electron chi connectivity index (χ4n) is 1.91. The van der Waals surface area contributed by atoms with E-state index in [-0.39, 0.29) is 17.7 Å². The molecule has 0 aliphatic rings. The molecule has 2 N–H and O–H groups in total. The number of carbonyl (C=O) groups excluding carboxylic acids is 1. The fraction of sp³-hybridized carbons (Fsp3) is 0.533. The van der Waals surface area contributed by atoms with E-state index in [0.717, 1.165) is 18.4 Å². The van der Waals surface area contributed by atoms with Gasteiger partial charge in [0.2, 0.25) is 0 Å². The molecule has 3 nitrogen and oxygen atoms in total. The molecular weight excluding hydrogens is 226 g/mol. The highest BCUT2D eigenvalue weighted by atomic mass is 16.3. The molecule has 1 atom stereocenters. The summed E-state index contributed by atoms with van der Waals surface area (Å²) in [5, 5.41) is 12.6. The summed E-state index contributed by atoms with van der Waals surface area (Å²) in [5.74, 6) is -0.154. The summed E-state index contributed by atoms with van der Waals surface area (Å²) in [7, 11) is 0. The first-order valence-electron chi connectivity index (χ1n) is 6.65. The van der Waals surface area contributed by atoms with Crippen molar-refractivity contribution in [2.75, 3.05) is 0 Å². The lowest BCUT2D eigenvalue weighted by Crippen LogP contribution is -2.32. The van der Waals surface area contributed by atoms with Crippen LogP contribution in [0.1, 0.15) is 55.5 Å². The molecule has 1 rings (SSSR count). The number of benzene rings is 1. The number of unbranched alkanes of at least 4 members (excludes halogenated alkanes) is 2. The second-order valence-electron chi connectivity index (χ2n) is 4.89. The SMILES string of the molecule is CCCCCC(C)NC(=O)c1cc(C)ccc1O. The summed E-state index contributed by atoms with van der Waals surface area (Å²) in [4.78, 5) is 12.0. The summed E-state index contributed by atoms with van der Waals surface area (Å²) >= 11 is 0. The molecule has 0 radical (unpaired) electrons. The van der Waals surface area contributed by atoms with Gasteiger partial charge in [0.15, 0.2) is 0 Å². The third-order valence-corrected chi connectivity index (χ3v) is 3.01. The molecule has 100 valence electrons. The van der Waals surface area contributed by atoms with Crippen LogP contribution >= 0.6 is 0 Å². The number of phenols is 1. The van der Waals surface area contributed by atoms with Crippen LogP contribution in [-0.2, 0) is 0 Å². The maximum atomic E-state index is 12.0. The van der Waals surface area contributed by atoms with Gasteiger partial charge in [-0.25, -0.2) is 0 Å². The first-order chi connectivity index (χ1) is 8.54. The highest BCUT2D eigenvalue weighted by molar-refractivity contribution is 5.97. The van der Waals surface area contributed by atoms with Crippen molar-refractivity contribution in [1.82, 2.24) is 5.32 Å². The van der Waals surface area contributed by atoms with Crippen LogP contribution in [0.5, 0.6) is 5.75 Å². The summed E-state index contributed by atoms with van der Waals surface area (Å²) in [6.45, 7) is 6.06. The highest BCUT2D eigenvalue weighted by Crippen LogP contribution is 2.18. The van der Waals surface area contributed by atoms with Crippen molar-refractivity contribution in [3.05, 3.63) is 29.3 Å². The summed E-state index contributed by atoms with van der Waals surface area (Å²) < 4.78 is 0. The van der Waals surface area contributed by atoms with Gasteiger partial charge in [0.1, 0.15) is 5.75 Å². The van der Waals surface area contributed by atoms with Crippen molar-refractivity contribution in [2.24, 2.45) is 0 Å². The van der Waals surface area contributed by atoms with Gasteiger partial charge in [0.05, 0.1) is 5.56 Å². The van der Waals surface area contributed by atoms with Crippen molar-refractivity contribution in [2.45, 2.75) is 52.5 Å². The molecule has 18 heavy (non-hydrogen) atoms. The number of hydrogen-bond donors (Lipinski definition) is 2. The van der Waals surface area contributed by atoms with E-state index in [1.165, 1.54) is 12.8 Å². The molecule has 0 aromatic heterocycles. The second kappa shape index (κ2) is 7.04. The van der Waals surface area contributed by atoms with Crippen LogP contribution in [0.3, 0.4) is 0 Å². The third kappa shape index (κ3) is 4.40. The van der Waals surface area contributed by atoms with Crippen LogP contribution in [0.4, 0.5) is 0 Å². The summed E-state index contributed by atoms with van der Waals surface area (Å²) in [5.41, 5.74) is 1.33. The molecule has 0 spiro atoms. The molecule has 0 saturated carbocycles. The standard InChI is InChI=1S/C15H23NO2/c1-4-5-6-7-12(3)16-15(18)13-10-11(2)8-9-14(13)17/h8-10,12,17H,4-7H2,1-3H3,(H,16,18). The van der Waals surface area contributed by atoms with Gasteiger partial charge >= 0.3 is 0 Å². The van der Waals surface area contributed by atoms with Gasteiger partial charge in [-0.1, -0.05) is 37.8 Å². The van der Waals surface area contributed by atoms with Crippen LogP contribution in [0.15, 0.2) is 18.2 Å². The zero-order chi connectivity index (χ0) is 13.5. The van der Waals surface area contributed by atoms with Crippen molar-refractivity contribution in [3.63, 3.8) is 0 Å². The predicted octanol–water partition coefficient (Wildman–Crippen LogP) is 3.40. The lowest BCUT2D eigenvalue weighted by atomic mass is 10.1. The quantitative estimate of drug-likeness (QED) is 0.759. The first-order valence-corrected chi connectivity index (χ1v) is 6.65. The van der Waals surface area contributed by atoms with Crippen LogP contribution in [0.2, 0.25) is 0 Å². The molecule has 1 amide bonds. The van der Waals surface area contributed by atoms with E-state index in [2.05, 4.69) is 12.2 Å². The molecule has 0 aliphatic carbocycles.